The summed E-state index contributed by atoms with van der Waals surface area (Å²) in [5, 5.41) is 21.4. The van der Waals surface area contributed by atoms with Crippen LogP contribution in [0.4, 0.5) is 0 Å². The van der Waals surface area contributed by atoms with Crippen LogP contribution in [-0.4, -0.2) is 29.9 Å². The quantitative estimate of drug-likeness (QED) is 0.119. The number of rotatable bonds is 11. The molecule has 7 heteroatoms. The molecule has 0 saturated carbocycles. The number of hydrogen-bond acceptors (Lipinski definition) is 7. The van der Waals surface area contributed by atoms with E-state index in [4.69, 9.17) is 29.9 Å². The van der Waals surface area contributed by atoms with E-state index in [0.717, 1.165) is 93.5 Å². The highest BCUT2D eigenvalue weighted by Gasteiger charge is 2.29. The highest BCUT2D eigenvalue weighted by atomic mass is 15.0. The van der Waals surface area contributed by atoms with E-state index >= 15 is 0 Å². The zero-order valence-corrected chi connectivity index (χ0v) is 60.5. The number of nitrogens with zero attached hydrogens (tertiary/aromatic N) is 7. The molecule has 2 aromatic heterocycles. The van der Waals surface area contributed by atoms with Crippen LogP contribution in [0.2, 0.25) is 0 Å². The Labute approximate surface area is 647 Å². The third-order valence-electron chi connectivity index (χ3n) is 22.2. The fourth-order valence-corrected chi connectivity index (χ4v) is 16.9. The summed E-state index contributed by atoms with van der Waals surface area (Å²) in [6, 6.07) is 137. The Bertz CT molecular complexity index is 6970. The van der Waals surface area contributed by atoms with Crippen LogP contribution >= 0.6 is 0 Å². The number of benzene rings is 18. The first-order valence-corrected chi connectivity index (χ1v) is 37.8. The molecule has 0 unspecified atom stereocenters. The maximum atomic E-state index is 9.78. The van der Waals surface area contributed by atoms with Crippen LogP contribution in [0.3, 0.4) is 0 Å². The van der Waals surface area contributed by atoms with Gasteiger partial charge in [0.15, 0.2) is 34.9 Å². The molecule has 20 aromatic rings. The lowest BCUT2D eigenvalue weighted by molar-refractivity contribution is 1.07. The molecule has 0 radical (unpaired) electrons. The van der Waals surface area contributed by atoms with Gasteiger partial charge in [-0.25, -0.2) is 29.9 Å². The Morgan fingerprint density at radius 1 is 0.170 bits per heavy atom. The summed E-state index contributed by atoms with van der Waals surface area (Å²) < 4.78 is 0. The molecule has 0 bridgehead atoms. The minimum absolute atomic E-state index is 0.630. The molecule has 0 N–H and O–H groups in total. The summed E-state index contributed by atoms with van der Waals surface area (Å²) in [7, 11) is 0. The lowest BCUT2D eigenvalue weighted by Gasteiger charge is -2.20. The topological polar surface area (TPSA) is 101 Å². The second kappa shape index (κ2) is 27.2. The van der Waals surface area contributed by atoms with Gasteiger partial charge in [-0.3, -0.25) is 0 Å². The van der Waals surface area contributed by atoms with Crippen LogP contribution < -0.4 is 0 Å². The van der Waals surface area contributed by atoms with Crippen molar-refractivity contribution >= 4 is 53.9 Å². The molecule has 2 aliphatic carbocycles. The first-order chi connectivity index (χ1) is 55.5. The standard InChI is InChI=1S/C56H32N4.C49H31N3/c57-33-34-23-24-35-25-26-38(32-39(35)31-34)40-27-28-47-41-17-7-8-18-42(41)48-29-30-49(51(40)52(47)48)50-43-19-9-11-21-45(43)53(46-22-12-10-20-44(46)50)56-59-54(36-13-3-1-4-14-36)58-55(60-56)37-15-5-2-6-16-37;1-3-10-37(11-4-1)47-50-48(38-12-5-2-6-13-38)52-49(51-47)39-28-24-35(25-29-39)33-20-18-32(19-21-33)34-22-26-36(27-23-34)40-30-31-45-42-15-8-7-14-41(42)44-17-9-16-43(40)46(44)45/h1-32H;1-31H. The third kappa shape index (κ3) is 11.3. The van der Waals surface area contributed by atoms with Crippen LogP contribution in [0.25, 0.3) is 222 Å². The molecule has 18 aromatic carbocycles. The van der Waals surface area contributed by atoms with E-state index in [-0.39, 0.29) is 0 Å². The van der Waals surface area contributed by atoms with E-state index in [1.165, 1.54) is 93.9 Å². The first-order valence-electron chi connectivity index (χ1n) is 37.8. The van der Waals surface area contributed by atoms with E-state index in [2.05, 4.69) is 273 Å². The van der Waals surface area contributed by atoms with Gasteiger partial charge in [-0.15, -0.1) is 0 Å². The van der Waals surface area contributed by atoms with Gasteiger partial charge in [-0.05, 0) is 172 Å². The monoisotopic (exact) mass is 1420 g/mol. The summed E-state index contributed by atoms with van der Waals surface area (Å²) in [6.07, 6.45) is 0. The molecule has 2 heterocycles. The van der Waals surface area contributed by atoms with Crippen molar-refractivity contribution < 1.29 is 0 Å². The van der Waals surface area contributed by atoms with Crippen LogP contribution in [0.15, 0.2) is 382 Å². The van der Waals surface area contributed by atoms with Gasteiger partial charge in [0.1, 0.15) is 0 Å². The highest BCUT2D eigenvalue weighted by Crippen LogP contribution is 2.55. The molecule has 0 spiro atoms. The van der Waals surface area contributed by atoms with Crippen molar-refractivity contribution in [2.45, 2.75) is 0 Å². The van der Waals surface area contributed by atoms with Gasteiger partial charge in [-0.1, -0.05) is 364 Å². The second-order valence-corrected chi connectivity index (χ2v) is 28.6. The van der Waals surface area contributed by atoms with Crippen LogP contribution in [-0.2, 0) is 0 Å². The van der Waals surface area contributed by atoms with Crippen molar-refractivity contribution in [3.8, 4) is 175 Å². The summed E-state index contributed by atoms with van der Waals surface area (Å²) in [6.45, 7) is 0. The Morgan fingerprint density at radius 3 is 0.920 bits per heavy atom. The molecular weight excluding hydrogens is 1360 g/mol. The molecule has 0 fully saturated rings. The Balaban J connectivity index is 0.000000143. The molecule has 0 amide bonds. The van der Waals surface area contributed by atoms with Gasteiger partial charge < -0.3 is 0 Å². The van der Waals surface area contributed by atoms with Gasteiger partial charge in [0, 0.05) is 33.4 Å². The fraction of sp³-hybridized carbons (Fsp3) is 0. The zero-order chi connectivity index (χ0) is 74.2. The normalized spacial score (nSPS) is 11.6. The molecule has 0 saturated heterocycles. The average Bonchev–Trinajstić information content (AvgIpc) is 1.48. The van der Waals surface area contributed by atoms with Gasteiger partial charge in [-0.2, -0.15) is 5.26 Å². The summed E-state index contributed by atoms with van der Waals surface area (Å²) in [5.74, 6) is 3.86. The minimum atomic E-state index is 0.630. The number of nitriles is 1. The number of fused-ring (bicyclic) bond motifs is 9. The summed E-state index contributed by atoms with van der Waals surface area (Å²) in [5.41, 5.74) is 28.4. The van der Waals surface area contributed by atoms with Gasteiger partial charge in [0.05, 0.1) is 11.6 Å². The smallest absolute Gasteiger partial charge is 0.165 e. The second-order valence-electron chi connectivity index (χ2n) is 28.6. The SMILES string of the molecule is N#Cc1ccc2ccc(-c3ccc4c5c(ccc(-c6c7ccccc7c(-c7nc(-c8ccccc8)nc(-c8ccccc8)n7)c7ccccc67)c35)-c3ccccc3-4)cc2c1.c1ccc(-c2nc(-c3ccccc3)nc(-c3ccc(-c4ccc(-c5ccc(-c6ccc7c8c(cccc68)-c6ccccc6-7)cc5)cc4)cc3)n2)cc1. The van der Waals surface area contributed by atoms with Gasteiger partial charge in [0.25, 0.3) is 0 Å². The Hall–Kier alpha value is -15.2. The van der Waals surface area contributed by atoms with Gasteiger partial charge in [0.2, 0.25) is 0 Å². The lowest BCUT2D eigenvalue weighted by atomic mass is 9.83. The van der Waals surface area contributed by atoms with Crippen molar-refractivity contribution in [1.82, 2.24) is 29.9 Å². The lowest BCUT2D eigenvalue weighted by Crippen LogP contribution is -2.01. The predicted molar refractivity (Wildman–Crippen MR) is 461 cm³/mol. The molecule has 2 aliphatic rings. The van der Waals surface area contributed by atoms with E-state index in [9.17, 15) is 5.26 Å². The highest BCUT2D eigenvalue weighted by molar-refractivity contribution is 6.29. The molecular formula is C105H63N7. The summed E-state index contributed by atoms with van der Waals surface area (Å²) >= 11 is 0. The van der Waals surface area contributed by atoms with Crippen LogP contribution in [0.1, 0.15) is 5.56 Å². The predicted octanol–water partition coefficient (Wildman–Crippen LogP) is 27.0. The molecule has 0 atom stereocenters. The molecule has 7 nitrogen and oxygen atoms in total. The largest absolute Gasteiger partial charge is 0.208 e. The maximum Gasteiger partial charge on any atom is 0.165 e. The van der Waals surface area contributed by atoms with E-state index in [1.807, 2.05) is 115 Å². The number of hydrogen-bond donors (Lipinski definition) is 0. The first kappa shape index (κ1) is 65.1. The van der Waals surface area contributed by atoms with Crippen molar-refractivity contribution in [3.05, 3.63) is 388 Å². The Morgan fingerprint density at radius 2 is 0.473 bits per heavy atom. The van der Waals surface area contributed by atoms with Crippen LogP contribution in [0, 0.1) is 11.3 Å². The molecule has 0 aliphatic heterocycles. The van der Waals surface area contributed by atoms with Crippen molar-refractivity contribution in [2.24, 2.45) is 0 Å². The molecule has 22 rings (SSSR count). The fourth-order valence-electron chi connectivity index (χ4n) is 16.9. The molecule has 112 heavy (non-hydrogen) atoms. The number of aromatic nitrogens is 6. The third-order valence-corrected chi connectivity index (χ3v) is 22.2. The summed E-state index contributed by atoms with van der Waals surface area (Å²) in [4.78, 5) is 30.1. The van der Waals surface area contributed by atoms with E-state index < -0.39 is 0 Å². The minimum Gasteiger partial charge on any atom is -0.208 e. The van der Waals surface area contributed by atoms with E-state index in [0.29, 0.717) is 40.5 Å². The Kier molecular flexibility index (Phi) is 15.8. The van der Waals surface area contributed by atoms with Crippen LogP contribution in [0.5, 0.6) is 0 Å². The maximum absolute atomic E-state index is 9.78. The van der Waals surface area contributed by atoms with Crippen molar-refractivity contribution in [1.29, 1.82) is 5.26 Å². The van der Waals surface area contributed by atoms with Crippen molar-refractivity contribution in [2.75, 3.05) is 0 Å². The average molecular weight is 1420 g/mol. The molecule has 518 valence electrons. The van der Waals surface area contributed by atoms with Crippen molar-refractivity contribution in [3.63, 3.8) is 0 Å². The van der Waals surface area contributed by atoms with E-state index in [1.54, 1.807) is 0 Å². The zero-order valence-electron chi connectivity index (χ0n) is 60.5. The van der Waals surface area contributed by atoms with Gasteiger partial charge >= 0.3 is 0 Å².